The zero-order chi connectivity index (χ0) is 15.4. The summed E-state index contributed by atoms with van der Waals surface area (Å²) in [5.74, 6) is -0.881. The van der Waals surface area contributed by atoms with Gasteiger partial charge in [-0.2, -0.15) is 0 Å². The molecule has 0 fully saturated rings. The van der Waals surface area contributed by atoms with E-state index in [4.69, 9.17) is 32.7 Å². The summed E-state index contributed by atoms with van der Waals surface area (Å²) in [6, 6.07) is 0. The van der Waals surface area contributed by atoms with E-state index in [1.165, 1.54) is 0 Å². The third kappa shape index (κ3) is 13.3. The first-order chi connectivity index (χ1) is 9.41. The topological polar surface area (TPSA) is 86.7 Å². The van der Waals surface area contributed by atoms with Crippen LogP contribution in [0.2, 0.25) is 0 Å². The second kappa shape index (κ2) is 11.7. The monoisotopic (exact) mass is 326 g/mol. The summed E-state index contributed by atoms with van der Waals surface area (Å²) in [4.78, 5) is 43.1. The summed E-state index contributed by atoms with van der Waals surface area (Å²) in [5.41, 5.74) is 0. The Balaban J connectivity index is 3.46. The number of esters is 2. The van der Waals surface area contributed by atoms with Crippen LogP contribution in [0.5, 0.6) is 0 Å². The highest BCUT2D eigenvalue weighted by atomic mass is 35.5. The van der Waals surface area contributed by atoms with Crippen molar-refractivity contribution < 1.29 is 28.7 Å². The molecule has 0 heterocycles. The van der Waals surface area contributed by atoms with Crippen molar-refractivity contribution in [2.45, 2.75) is 38.5 Å². The Labute approximate surface area is 126 Å². The summed E-state index contributed by atoms with van der Waals surface area (Å²) < 4.78 is 9.48. The zero-order valence-electron chi connectivity index (χ0n) is 10.9. The Bertz CT molecular complexity index is 322. The van der Waals surface area contributed by atoms with Gasteiger partial charge >= 0.3 is 11.9 Å². The number of hydrogen-bond acceptors (Lipinski definition) is 6. The minimum absolute atomic E-state index is 0.0150. The minimum Gasteiger partial charge on any atom is -0.465 e. The van der Waals surface area contributed by atoms with Gasteiger partial charge in [-0.15, -0.1) is 0 Å². The molecule has 0 unspecified atom stereocenters. The second-order valence-corrected chi connectivity index (χ2v) is 4.70. The molecule has 0 aromatic carbocycles. The van der Waals surface area contributed by atoms with Crippen molar-refractivity contribution in [3.8, 4) is 0 Å². The van der Waals surface area contributed by atoms with Crippen LogP contribution in [0.25, 0.3) is 0 Å². The van der Waals surface area contributed by atoms with Gasteiger partial charge in [-0.05, 0) is 36.0 Å². The zero-order valence-corrected chi connectivity index (χ0v) is 12.4. The van der Waals surface area contributed by atoms with E-state index in [-0.39, 0.29) is 38.9 Å². The van der Waals surface area contributed by atoms with E-state index in [9.17, 15) is 19.2 Å². The van der Waals surface area contributed by atoms with Gasteiger partial charge in [-0.1, -0.05) is 0 Å². The van der Waals surface area contributed by atoms with Crippen molar-refractivity contribution in [3.05, 3.63) is 0 Å². The van der Waals surface area contributed by atoms with Gasteiger partial charge < -0.3 is 9.47 Å². The van der Waals surface area contributed by atoms with E-state index >= 15 is 0 Å². The number of unbranched alkanes of at least 4 members (excludes halogenated alkanes) is 1. The molecule has 0 aliphatic rings. The molecule has 0 aliphatic heterocycles. The fourth-order valence-corrected chi connectivity index (χ4v) is 1.33. The molecular weight excluding hydrogens is 311 g/mol. The maximum atomic E-state index is 11.2. The highest BCUT2D eigenvalue weighted by Gasteiger charge is 2.07. The molecule has 0 N–H and O–H groups in total. The van der Waals surface area contributed by atoms with Crippen LogP contribution in [0.1, 0.15) is 38.5 Å². The summed E-state index contributed by atoms with van der Waals surface area (Å²) in [6.45, 7) is -0.0642. The first-order valence-electron chi connectivity index (χ1n) is 6.09. The van der Waals surface area contributed by atoms with Crippen LogP contribution in [0.3, 0.4) is 0 Å². The van der Waals surface area contributed by atoms with Crippen molar-refractivity contribution in [2.75, 3.05) is 13.2 Å². The van der Waals surface area contributed by atoms with Gasteiger partial charge in [0.25, 0.3) is 0 Å². The molecule has 0 spiro atoms. The normalized spacial score (nSPS) is 9.90. The Morgan fingerprint density at radius 2 is 1.00 bits per heavy atom. The lowest BCUT2D eigenvalue weighted by Crippen LogP contribution is -2.09. The molecule has 8 heteroatoms. The smallest absolute Gasteiger partial charge is 0.305 e. The predicted octanol–water partition coefficient (Wildman–Crippen LogP) is 1.94. The molecule has 0 aliphatic carbocycles. The van der Waals surface area contributed by atoms with Gasteiger partial charge in [0, 0.05) is 12.8 Å². The van der Waals surface area contributed by atoms with E-state index in [0.717, 1.165) is 0 Å². The van der Waals surface area contributed by atoms with Crippen LogP contribution in [-0.2, 0) is 28.7 Å². The molecule has 6 nitrogen and oxygen atoms in total. The van der Waals surface area contributed by atoms with Crippen LogP contribution >= 0.6 is 23.2 Å². The molecule has 20 heavy (non-hydrogen) atoms. The molecule has 0 amide bonds. The highest BCUT2D eigenvalue weighted by molar-refractivity contribution is 6.63. The van der Waals surface area contributed by atoms with E-state index in [1.54, 1.807) is 0 Å². The molecule has 0 saturated carbocycles. The third-order valence-corrected chi connectivity index (χ3v) is 2.51. The van der Waals surface area contributed by atoms with Gasteiger partial charge in [0.2, 0.25) is 10.5 Å². The lowest BCUT2D eigenvalue weighted by Gasteiger charge is -2.04. The van der Waals surface area contributed by atoms with Gasteiger partial charge in [-0.25, -0.2) is 0 Å². The average Bonchev–Trinajstić information content (AvgIpc) is 2.33. The maximum Gasteiger partial charge on any atom is 0.305 e. The largest absolute Gasteiger partial charge is 0.465 e. The SMILES string of the molecule is O=C(Cl)CCOC(=O)CCCCC(=O)OCCC(=O)Cl. The number of hydrogen-bond donors (Lipinski definition) is 0. The quantitative estimate of drug-likeness (QED) is 0.327. The summed E-state index contributed by atoms with van der Waals surface area (Å²) >= 11 is 10.1. The molecule has 0 radical (unpaired) electrons. The maximum absolute atomic E-state index is 11.2. The first-order valence-corrected chi connectivity index (χ1v) is 6.85. The van der Waals surface area contributed by atoms with Crippen molar-refractivity contribution >= 4 is 45.6 Å². The molecule has 0 rings (SSSR count). The van der Waals surface area contributed by atoms with E-state index in [1.807, 2.05) is 0 Å². The Morgan fingerprint density at radius 1 is 0.650 bits per heavy atom. The van der Waals surface area contributed by atoms with Crippen molar-refractivity contribution in [3.63, 3.8) is 0 Å². The summed E-state index contributed by atoms with van der Waals surface area (Å²) in [6.07, 6.45) is 1.22. The molecule has 0 aromatic rings. The van der Waals surface area contributed by atoms with Crippen LogP contribution in [0, 0.1) is 0 Å². The molecule has 0 aromatic heterocycles. The van der Waals surface area contributed by atoms with Gasteiger partial charge in [0.1, 0.15) is 0 Å². The lowest BCUT2D eigenvalue weighted by atomic mass is 10.2. The minimum atomic E-state index is -0.559. The van der Waals surface area contributed by atoms with Crippen LogP contribution in [-0.4, -0.2) is 35.6 Å². The van der Waals surface area contributed by atoms with Crippen molar-refractivity contribution in [2.24, 2.45) is 0 Å². The molecular formula is C12H16Cl2O6. The molecule has 0 bridgehead atoms. The number of rotatable bonds is 11. The molecule has 0 saturated heterocycles. The fourth-order valence-electron chi connectivity index (χ4n) is 1.17. The Hall–Kier alpha value is -1.14. The number of carbonyl (C=O) groups excluding carboxylic acids is 4. The van der Waals surface area contributed by atoms with Crippen molar-refractivity contribution in [1.82, 2.24) is 0 Å². The summed E-state index contributed by atoms with van der Waals surface area (Å²) in [7, 11) is 0. The van der Waals surface area contributed by atoms with Crippen LogP contribution in [0.15, 0.2) is 0 Å². The average molecular weight is 327 g/mol. The number of halogens is 2. The predicted molar refractivity (Wildman–Crippen MR) is 71.3 cm³/mol. The number of carbonyl (C=O) groups is 4. The van der Waals surface area contributed by atoms with Crippen LogP contribution in [0.4, 0.5) is 0 Å². The summed E-state index contributed by atoms with van der Waals surface area (Å²) in [5, 5.41) is -1.12. The van der Waals surface area contributed by atoms with E-state index in [2.05, 4.69) is 0 Å². The van der Waals surface area contributed by atoms with Crippen LogP contribution < -0.4 is 0 Å². The third-order valence-electron chi connectivity index (χ3n) is 2.14. The number of ether oxygens (including phenoxy) is 2. The molecule has 0 atom stereocenters. The lowest BCUT2D eigenvalue weighted by molar-refractivity contribution is -0.146. The fraction of sp³-hybridized carbons (Fsp3) is 0.667. The second-order valence-electron chi connectivity index (χ2n) is 3.86. The van der Waals surface area contributed by atoms with E-state index in [0.29, 0.717) is 12.8 Å². The molecule has 114 valence electrons. The van der Waals surface area contributed by atoms with Crippen molar-refractivity contribution in [1.29, 1.82) is 0 Å². The van der Waals surface area contributed by atoms with E-state index < -0.39 is 22.4 Å². The standard InChI is InChI=1S/C12H16Cl2O6/c13-9(15)5-7-19-11(17)3-1-2-4-12(18)20-8-6-10(14)16/h1-8H2. The highest BCUT2D eigenvalue weighted by Crippen LogP contribution is 2.04. The Kier molecular flexibility index (Phi) is 11.0. The van der Waals surface area contributed by atoms with Gasteiger partial charge in [-0.3, -0.25) is 19.2 Å². The van der Waals surface area contributed by atoms with Gasteiger partial charge in [0.05, 0.1) is 26.1 Å². The van der Waals surface area contributed by atoms with Gasteiger partial charge in [0.15, 0.2) is 0 Å². The Morgan fingerprint density at radius 3 is 1.30 bits per heavy atom. The first kappa shape index (κ1) is 18.9.